The minimum absolute atomic E-state index is 0.0212. The van der Waals surface area contributed by atoms with Crippen molar-refractivity contribution in [2.75, 3.05) is 32.0 Å². The maximum absolute atomic E-state index is 11.8. The van der Waals surface area contributed by atoms with E-state index in [9.17, 15) is 4.79 Å². The maximum Gasteiger partial charge on any atom is 0.224 e. The highest BCUT2D eigenvalue weighted by atomic mass is 16.5. The molecule has 0 radical (unpaired) electrons. The molecule has 1 heterocycles. The molecule has 0 atom stereocenters. The standard InChI is InChI=1S/C19H25N3O4/c1-12(2)8-18(23)22-13-6-7-17(20-11-13)21-14-9-15(24-3)19(26-5)16(10-14)25-4/h6-7,9-12H,8H2,1-5H3,(H,20,21)(H,22,23). The number of ether oxygens (including phenoxy) is 3. The zero-order chi connectivity index (χ0) is 19.1. The minimum atomic E-state index is -0.0212. The number of carbonyl (C=O) groups excluding carboxylic acids is 1. The number of nitrogens with zero attached hydrogens (tertiary/aromatic N) is 1. The van der Waals surface area contributed by atoms with E-state index in [1.807, 2.05) is 13.8 Å². The van der Waals surface area contributed by atoms with Gasteiger partial charge in [0.25, 0.3) is 0 Å². The molecule has 1 aromatic heterocycles. The summed E-state index contributed by atoms with van der Waals surface area (Å²) in [6.07, 6.45) is 2.09. The fourth-order valence-corrected chi connectivity index (χ4v) is 2.43. The van der Waals surface area contributed by atoms with Gasteiger partial charge in [0, 0.05) is 24.2 Å². The first-order chi connectivity index (χ1) is 12.5. The molecule has 2 rings (SSSR count). The number of amides is 1. The number of benzene rings is 1. The van der Waals surface area contributed by atoms with E-state index in [1.54, 1.807) is 51.8 Å². The number of carbonyl (C=O) groups is 1. The molecule has 0 aliphatic carbocycles. The number of methoxy groups -OCH3 is 3. The molecule has 0 saturated carbocycles. The fraction of sp³-hybridized carbons (Fsp3) is 0.368. The molecule has 0 aliphatic heterocycles. The Hall–Kier alpha value is -2.96. The third kappa shape index (κ3) is 5.02. The number of rotatable bonds is 8. The van der Waals surface area contributed by atoms with Gasteiger partial charge in [-0.2, -0.15) is 0 Å². The summed E-state index contributed by atoms with van der Waals surface area (Å²) >= 11 is 0. The second kappa shape index (κ2) is 8.94. The summed E-state index contributed by atoms with van der Waals surface area (Å²) in [4.78, 5) is 16.1. The average molecular weight is 359 g/mol. The Balaban J connectivity index is 2.12. The molecule has 1 amide bonds. The van der Waals surface area contributed by atoms with E-state index in [4.69, 9.17) is 14.2 Å². The molecule has 2 aromatic rings. The molecule has 0 saturated heterocycles. The van der Waals surface area contributed by atoms with Gasteiger partial charge in [0.2, 0.25) is 11.7 Å². The Morgan fingerprint density at radius 1 is 1.04 bits per heavy atom. The molecule has 0 aliphatic rings. The van der Waals surface area contributed by atoms with Gasteiger partial charge in [-0.1, -0.05) is 13.8 Å². The van der Waals surface area contributed by atoms with Crippen LogP contribution < -0.4 is 24.8 Å². The first-order valence-corrected chi connectivity index (χ1v) is 8.29. The summed E-state index contributed by atoms with van der Waals surface area (Å²) in [5, 5.41) is 6.01. The topological polar surface area (TPSA) is 81.7 Å². The summed E-state index contributed by atoms with van der Waals surface area (Å²) in [6, 6.07) is 7.17. The second-order valence-electron chi connectivity index (χ2n) is 6.12. The summed E-state index contributed by atoms with van der Waals surface area (Å²) < 4.78 is 16.0. The molecular formula is C19H25N3O4. The molecule has 140 valence electrons. The van der Waals surface area contributed by atoms with Crippen LogP contribution in [0.3, 0.4) is 0 Å². The van der Waals surface area contributed by atoms with Crippen LogP contribution in [0.4, 0.5) is 17.2 Å². The minimum Gasteiger partial charge on any atom is -0.493 e. The van der Waals surface area contributed by atoms with Gasteiger partial charge in [-0.25, -0.2) is 4.98 Å². The molecule has 7 nitrogen and oxygen atoms in total. The molecule has 26 heavy (non-hydrogen) atoms. The highest BCUT2D eigenvalue weighted by Crippen LogP contribution is 2.40. The number of aromatic nitrogens is 1. The van der Waals surface area contributed by atoms with Gasteiger partial charge >= 0.3 is 0 Å². The third-order valence-electron chi connectivity index (χ3n) is 3.58. The molecule has 2 N–H and O–H groups in total. The first-order valence-electron chi connectivity index (χ1n) is 8.29. The van der Waals surface area contributed by atoms with Gasteiger partial charge in [0.15, 0.2) is 11.5 Å². The highest BCUT2D eigenvalue weighted by Gasteiger charge is 2.13. The lowest BCUT2D eigenvalue weighted by Crippen LogP contribution is -2.13. The SMILES string of the molecule is COc1cc(Nc2ccc(NC(=O)CC(C)C)cn2)cc(OC)c1OC. The Morgan fingerprint density at radius 3 is 2.15 bits per heavy atom. The van der Waals surface area contributed by atoms with Gasteiger partial charge in [-0.3, -0.25) is 4.79 Å². The molecule has 0 unspecified atom stereocenters. The van der Waals surface area contributed by atoms with Gasteiger partial charge in [-0.15, -0.1) is 0 Å². The van der Waals surface area contributed by atoms with Crippen LogP contribution in [0.15, 0.2) is 30.5 Å². The van der Waals surface area contributed by atoms with E-state index < -0.39 is 0 Å². The molecule has 7 heteroatoms. The molecule has 1 aromatic carbocycles. The van der Waals surface area contributed by atoms with Crippen LogP contribution in [0.2, 0.25) is 0 Å². The predicted octanol–water partition coefficient (Wildman–Crippen LogP) is 3.84. The van der Waals surface area contributed by atoms with Crippen molar-refractivity contribution in [1.82, 2.24) is 4.98 Å². The highest BCUT2D eigenvalue weighted by molar-refractivity contribution is 5.90. The summed E-state index contributed by atoms with van der Waals surface area (Å²) in [7, 11) is 4.68. The lowest BCUT2D eigenvalue weighted by Gasteiger charge is -2.15. The zero-order valence-corrected chi connectivity index (χ0v) is 15.8. The lowest BCUT2D eigenvalue weighted by molar-refractivity contribution is -0.116. The largest absolute Gasteiger partial charge is 0.493 e. The van der Waals surface area contributed by atoms with E-state index in [2.05, 4.69) is 15.6 Å². The van der Waals surface area contributed by atoms with Crippen molar-refractivity contribution in [1.29, 1.82) is 0 Å². The fourth-order valence-electron chi connectivity index (χ4n) is 2.43. The monoisotopic (exact) mass is 359 g/mol. The van der Waals surface area contributed by atoms with Gasteiger partial charge in [0.1, 0.15) is 5.82 Å². The van der Waals surface area contributed by atoms with Crippen LogP contribution in [-0.4, -0.2) is 32.2 Å². The van der Waals surface area contributed by atoms with Crippen LogP contribution in [0, 0.1) is 5.92 Å². The van der Waals surface area contributed by atoms with Crippen molar-refractivity contribution in [2.24, 2.45) is 5.92 Å². The van der Waals surface area contributed by atoms with Crippen molar-refractivity contribution in [3.8, 4) is 17.2 Å². The molecule has 0 bridgehead atoms. The van der Waals surface area contributed by atoms with Gasteiger partial charge < -0.3 is 24.8 Å². The van der Waals surface area contributed by atoms with Crippen molar-refractivity contribution >= 4 is 23.1 Å². The van der Waals surface area contributed by atoms with E-state index in [-0.39, 0.29) is 5.91 Å². The van der Waals surface area contributed by atoms with E-state index in [0.29, 0.717) is 41.1 Å². The van der Waals surface area contributed by atoms with Crippen LogP contribution in [0.5, 0.6) is 17.2 Å². The van der Waals surface area contributed by atoms with E-state index >= 15 is 0 Å². The quantitative estimate of drug-likeness (QED) is 0.745. The van der Waals surface area contributed by atoms with Crippen LogP contribution in [-0.2, 0) is 4.79 Å². The zero-order valence-electron chi connectivity index (χ0n) is 15.8. The predicted molar refractivity (Wildman–Crippen MR) is 102 cm³/mol. The summed E-state index contributed by atoms with van der Waals surface area (Å²) in [6.45, 7) is 4.00. The lowest BCUT2D eigenvalue weighted by atomic mass is 10.1. The number of nitrogens with one attached hydrogen (secondary N) is 2. The number of hydrogen-bond donors (Lipinski definition) is 2. The van der Waals surface area contributed by atoms with Crippen molar-refractivity contribution in [3.63, 3.8) is 0 Å². The van der Waals surface area contributed by atoms with Crippen LogP contribution in [0.1, 0.15) is 20.3 Å². The molecule has 0 fully saturated rings. The summed E-state index contributed by atoms with van der Waals surface area (Å²) in [5.74, 6) is 2.53. The van der Waals surface area contributed by atoms with Crippen LogP contribution in [0.25, 0.3) is 0 Å². The molecular weight excluding hydrogens is 334 g/mol. The third-order valence-corrected chi connectivity index (χ3v) is 3.58. The van der Waals surface area contributed by atoms with Crippen molar-refractivity contribution in [2.45, 2.75) is 20.3 Å². The van der Waals surface area contributed by atoms with E-state index in [0.717, 1.165) is 5.69 Å². The van der Waals surface area contributed by atoms with Crippen molar-refractivity contribution in [3.05, 3.63) is 30.5 Å². The Kier molecular flexibility index (Phi) is 6.66. The number of hydrogen-bond acceptors (Lipinski definition) is 6. The second-order valence-corrected chi connectivity index (χ2v) is 6.12. The first kappa shape index (κ1) is 19.4. The average Bonchev–Trinajstić information content (AvgIpc) is 2.61. The van der Waals surface area contributed by atoms with Gasteiger partial charge in [-0.05, 0) is 18.1 Å². The molecule has 0 spiro atoms. The van der Waals surface area contributed by atoms with E-state index in [1.165, 1.54) is 0 Å². The van der Waals surface area contributed by atoms with Crippen molar-refractivity contribution < 1.29 is 19.0 Å². The van der Waals surface area contributed by atoms with Gasteiger partial charge in [0.05, 0.1) is 33.2 Å². The number of pyridine rings is 1. The maximum atomic E-state index is 11.8. The normalized spacial score (nSPS) is 10.4. The Bertz CT molecular complexity index is 720. The van der Waals surface area contributed by atoms with Crippen LogP contribution >= 0.6 is 0 Å². The Labute approximate surface area is 153 Å². The number of anilines is 3. The Morgan fingerprint density at radius 2 is 1.69 bits per heavy atom. The smallest absolute Gasteiger partial charge is 0.224 e. The summed E-state index contributed by atoms with van der Waals surface area (Å²) in [5.41, 5.74) is 1.40.